The Kier molecular flexibility index (Phi) is 6.07. The summed E-state index contributed by atoms with van der Waals surface area (Å²) in [6.45, 7) is 4.82. The monoisotopic (exact) mass is 291 g/mol. The first-order valence-electron chi connectivity index (χ1n) is 8.07. The normalized spacial score (nSPS) is 17.7. The number of methoxy groups -OCH3 is 2. The molecule has 3 nitrogen and oxygen atoms in total. The Labute approximate surface area is 129 Å². The van der Waals surface area contributed by atoms with E-state index in [-0.39, 0.29) is 5.41 Å². The maximum Gasteiger partial charge on any atom is 0.122 e. The molecule has 0 aromatic heterocycles. The van der Waals surface area contributed by atoms with Crippen molar-refractivity contribution in [3.8, 4) is 5.75 Å². The highest BCUT2D eigenvalue weighted by Crippen LogP contribution is 2.40. The molecule has 1 aliphatic rings. The Morgan fingerprint density at radius 2 is 1.90 bits per heavy atom. The molecule has 0 bridgehead atoms. The summed E-state index contributed by atoms with van der Waals surface area (Å²) < 4.78 is 10.7. The third-order valence-corrected chi connectivity index (χ3v) is 4.78. The summed E-state index contributed by atoms with van der Waals surface area (Å²) in [5.74, 6) is 1.01. The molecule has 0 heterocycles. The van der Waals surface area contributed by atoms with Crippen LogP contribution < -0.4 is 10.1 Å². The number of hydrogen-bond acceptors (Lipinski definition) is 3. The van der Waals surface area contributed by atoms with E-state index in [0.29, 0.717) is 0 Å². The first-order chi connectivity index (χ1) is 10.2. The van der Waals surface area contributed by atoms with Crippen molar-refractivity contribution in [1.29, 1.82) is 0 Å². The topological polar surface area (TPSA) is 30.5 Å². The summed E-state index contributed by atoms with van der Waals surface area (Å²) in [6.07, 6.45) is 6.53. The van der Waals surface area contributed by atoms with E-state index < -0.39 is 0 Å². The molecule has 1 aliphatic carbocycles. The van der Waals surface area contributed by atoms with E-state index in [0.717, 1.165) is 25.4 Å². The zero-order chi connectivity index (χ0) is 15.1. The maximum absolute atomic E-state index is 5.52. The number of rotatable bonds is 7. The van der Waals surface area contributed by atoms with Crippen LogP contribution >= 0.6 is 0 Å². The molecule has 0 saturated heterocycles. The Bertz CT molecular complexity index is 439. The van der Waals surface area contributed by atoms with E-state index in [2.05, 4.69) is 30.4 Å². The van der Waals surface area contributed by atoms with Gasteiger partial charge in [0.05, 0.1) is 13.7 Å². The van der Waals surface area contributed by atoms with Gasteiger partial charge in [-0.05, 0) is 37.0 Å². The summed E-state index contributed by atoms with van der Waals surface area (Å²) in [4.78, 5) is 0. The van der Waals surface area contributed by atoms with Crippen LogP contribution in [0.5, 0.6) is 5.75 Å². The Morgan fingerprint density at radius 1 is 1.14 bits per heavy atom. The minimum absolute atomic E-state index is 0.257. The summed E-state index contributed by atoms with van der Waals surface area (Å²) >= 11 is 0. The zero-order valence-electron chi connectivity index (χ0n) is 13.7. The summed E-state index contributed by atoms with van der Waals surface area (Å²) in [6, 6.07) is 6.74. The molecule has 0 atom stereocenters. The number of aryl methyl sites for hydroxylation is 1. The van der Waals surface area contributed by atoms with Gasteiger partial charge in [0.25, 0.3) is 0 Å². The van der Waals surface area contributed by atoms with Gasteiger partial charge in [0.2, 0.25) is 0 Å². The molecule has 3 heteroatoms. The van der Waals surface area contributed by atoms with Crippen LogP contribution in [-0.2, 0) is 10.2 Å². The van der Waals surface area contributed by atoms with Crippen molar-refractivity contribution in [2.24, 2.45) is 0 Å². The first kappa shape index (κ1) is 16.3. The lowest BCUT2D eigenvalue weighted by Crippen LogP contribution is -2.41. The van der Waals surface area contributed by atoms with Gasteiger partial charge in [-0.2, -0.15) is 0 Å². The fraction of sp³-hybridized carbons (Fsp3) is 0.667. The smallest absolute Gasteiger partial charge is 0.122 e. The average molecular weight is 291 g/mol. The quantitative estimate of drug-likeness (QED) is 0.781. The van der Waals surface area contributed by atoms with Gasteiger partial charge >= 0.3 is 0 Å². The third-order valence-electron chi connectivity index (χ3n) is 4.78. The number of benzene rings is 1. The maximum atomic E-state index is 5.52. The molecular weight excluding hydrogens is 262 g/mol. The van der Waals surface area contributed by atoms with Gasteiger partial charge in [0.1, 0.15) is 5.75 Å². The molecule has 1 aromatic rings. The summed E-state index contributed by atoms with van der Waals surface area (Å²) in [5.41, 5.74) is 2.89. The Balaban J connectivity index is 2.18. The van der Waals surface area contributed by atoms with Gasteiger partial charge in [-0.15, -0.1) is 0 Å². The van der Waals surface area contributed by atoms with E-state index in [1.807, 2.05) is 0 Å². The molecule has 1 saturated carbocycles. The van der Waals surface area contributed by atoms with Crippen molar-refractivity contribution in [3.63, 3.8) is 0 Å². The largest absolute Gasteiger partial charge is 0.496 e. The molecule has 1 fully saturated rings. The summed E-state index contributed by atoms with van der Waals surface area (Å²) in [5, 5.41) is 3.58. The molecule has 0 spiro atoms. The predicted molar refractivity (Wildman–Crippen MR) is 87.2 cm³/mol. The standard InChI is InChI=1S/C18H29NO2/c1-15-7-8-16(13-17(15)21-3)18(9-5-4-6-10-18)14-19-11-12-20-2/h7-8,13,19H,4-6,9-12,14H2,1-3H3. The van der Waals surface area contributed by atoms with Crippen LogP contribution in [0.3, 0.4) is 0 Å². The number of hydrogen-bond donors (Lipinski definition) is 1. The predicted octanol–water partition coefficient (Wildman–Crippen LogP) is 3.44. The van der Waals surface area contributed by atoms with Crippen LogP contribution in [0.4, 0.5) is 0 Å². The van der Waals surface area contributed by atoms with Crippen LogP contribution in [0, 0.1) is 6.92 Å². The Hall–Kier alpha value is -1.06. The van der Waals surface area contributed by atoms with E-state index in [1.165, 1.54) is 43.2 Å². The van der Waals surface area contributed by atoms with Gasteiger partial charge in [-0.3, -0.25) is 0 Å². The van der Waals surface area contributed by atoms with Crippen molar-refractivity contribution in [1.82, 2.24) is 5.32 Å². The molecule has 21 heavy (non-hydrogen) atoms. The SMILES string of the molecule is COCCNCC1(c2ccc(C)c(OC)c2)CCCCC1. The van der Waals surface area contributed by atoms with Crippen molar-refractivity contribution in [3.05, 3.63) is 29.3 Å². The van der Waals surface area contributed by atoms with Crippen LogP contribution in [0.15, 0.2) is 18.2 Å². The molecule has 118 valence electrons. The van der Waals surface area contributed by atoms with Crippen molar-refractivity contribution in [2.45, 2.75) is 44.4 Å². The third kappa shape index (κ3) is 3.98. The highest BCUT2D eigenvalue weighted by Gasteiger charge is 2.33. The van der Waals surface area contributed by atoms with Crippen LogP contribution in [-0.4, -0.2) is 33.9 Å². The van der Waals surface area contributed by atoms with Crippen molar-refractivity contribution in [2.75, 3.05) is 33.9 Å². The molecule has 1 N–H and O–H groups in total. The second kappa shape index (κ2) is 7.81. The molecule has 0 radical (unpaired) electrons. The molecule has 2 rings (SSSR count). The van der Waals surface area contributed by atoms with Crippen LogP contribution in [0.1, 0.15) is 43.2 Å². The van der Waals surface area contributed by atoms with Crippen molar-refractivity contribution >= 4 is 0 Å². The van der Waals surface area contributed by atoms with Gasteiger partial charge in [-0.1, -0.05) is 31.4 Å². The minimum atomic E-state index is 0.257. The number of ether oxygens (including phenoxy) is 2. The average Bonchev–Trinajstić information content (AvgIpc) is 2.53. The lowest BCUT2D eigenvalue weighted by Gasteiger charge is -2.38. The van der Waals surface area contributed by atoms with Crippen LogP contribution in [0.2, 0.25) is 0 Å². The molecule has 0 aliphatic heterocycles. The minimum Gasteiger partial charge on any atom is -0.496 e. The zero-order valence-corrected chi connectivity index (χ0v) is 13.7. The van der Waals surface area contributed by atoms with Gasteiger partial charge in [0, 0.05) is 25.6 Å². The molecule has 1 aromatic carbocycles. The van der Waals surface area contributed by atoms with Crippen molar-refractivity contribution < 1.29 is 9.47 Å². The highest BCUT2D eigenvalue weighted by molar-refractivity contribution is 5.40. The fourth-order valence-corrected chi connectivity index (χ4v) is 3.45. The second-order valence-corrected chi connectivity index (χ2v) is 6.19. The molecular formula is C18H29NO2. The second-order valence-electron chi connectivity index (χ2n) is 6.19. The Morgan fingerprint density at radius 3 is 2.57 bits per heavy atom. The fourth-order valence-electron chi connectivity index (χ4n) is 3.45. The number of nitrogens with one attached hydrogen (secondary N) is 1. The van der Waals surface area contributed by atoms with Gasteiger partial charge < -0.3 is 14.8 Å². The summed E-state index contributed by atoms with van der Waals surface area (Å²) in [7, 11) is 3.51. The van der Waals surface area contributed by atoms with E-state index in [4.69, 9.17) is 9.47 Å². The van der Waals surface area contributed by atoms with E-state index >= 15 is 0 Å². The van der Waals surface area contributed by atoms with E-state index in [1.54, 1.807) is 14.2 Å². The van der Waals surface area contributed by atoms with E-state index in [9.17, 15) is 0 Å². The lowest BCUT2D eigenvalue weighted by molar-refractivity contribution is 0.192. The molecule has 0 amide bonds. The molecule has 0 unspecified atom stereocenters. The van der Waals surface area contributed by atoms with Gasteiger partial charge in [0.15, 0.2) is 0 Å². The van der Waals surface area contributed by atoms with Gasteiger partial charge in [-0.25, -0.2) is 0 Å². The highest BCUT2D eigenvalue weighted by atomic mass is 16.5. The first-order valence-corrected chi connectivity index (χ1v) is 8.07. The van der Waals surface area contributed by atoms with Crippen LogP contribution in [0.25, 0.3) is 0 Å². The lowest BCUT2D eigenvalue weighted by atomic mass is 9.69.